The Labute approximate surface area is 99.3 Å². The van der Waals surface area contributed by atoms with Crippen LogP contribution in [-0.2, 0) is 0 Å². The van der Waals surface area contributed by atoms with Crippen molar-refractivity contribution >= 4 is 0 Å². The van der Waals surface area contributed by atoms with Gasteiger partial charge in [-0.25, -0.2) is 4.98 Å². The van der Waals surface area contributed by atoms with Crippen LogP contribution in [0.3, 0.4) is 0 Å². The summed E-state index contributed by atoms with van der Waals surface area (Å²) in [7, 11) is 1.61. The molecule has 0 unspecified atom stereocenters. The molecule has 88 valence electrons. The topological polar surface area (TPSA) is 55.0 Å². The fourth-order valence-electron chi connectivity index (χ4n) is 1.75. The zero-order valence-electron chi connectivity index (χ0n) is 10.1. The second-order valence-electron chi connectivity index (χ2n) is 3.83. The summed E-state index contributed by atoms with van der Waals surface area (Å²) in [4.78, 5) is 18.8. The van der Waals surface area contributed by atoms with Gasteiger partial charge in [0.15, 0.2) is 0 Å². The number of nitrogens with zero attached hydrogens (tertiary/aromatic N) is 1. The molecule has 2 aromatic rings. The fourth-order valence-corrected chi connectivity index (χ4v) is 1.75. The average molecular weight is 230 g/mol. The molecular weight excluding hydrogens is 216 g/mol. The van der Waals surface area contributed by atoms with E-state index in [-0.39, 0.29) is 5.56 Å². The molecule has 0 aliphatic rings. The summed E-state index contributed by atoms with van der Waals surface area (Å²) in [5.74, 6) is 1.31. The summed E-state index contributed by atoms with van der Waals surface area (Å²) in [6.45, 7) is 3.52. The summed E-state index contributed by atoms with van der Waals surface area (Å²) in [6.07, 6.45) is 0. The molecule has 17 heavy (non-hydrogen) atoms. The van der Waals surface area contributed by atoms with Crippen LogP contribution in [0.2, 0.25) is 0 Å². The van der Waals surface area contributed by atoms with Crippen LogP contribution in [0, 0.1) is 13.8 Å². The maximum absolute atomic E-state index is 11.7. The van der Waals surface area contributed by atoms with Crippen molar-refractivity contribution in [2.75, 3.05) is 7.11 Å². The van der Waals surface area contributed by atoms with Crippen molar-refractivity contribution in [3.63, 3.8) is 0 Å². The van der Waals surface area contributed by atoms with E-state index in [0.29, 0.717) is 22.8 Å². The van der Waals surface area contributed by atoms with E-state index in [2.05, 4.69) is 9.97 Å². The zero-order chi connectivity index (χ0) is 12.4. The van der Waals surface area contributed by atoms with Crippen LogP contribution >= 0.6 is 0 Å². The highest BCUT2D eigenvalue weighted by Crippen LogP contribution is 2.28. The summed E-state index contributed by atoms with van der Waals surface area (Å²) in [6, 6.07) is 7.53. The van der Waals surface area contributed by atoms with Crippen molar-refractivity contribution in [2.45, 2.75) is 13.8 Å². The maximum atomic E-state index is 11.7. The Hall–Kier alpha value is -2.10. The highest BCUT2D eigenvalue weighted by Gasteiger charge is 2.12. The third-order valence-electron chi connectivity index (χ3n) is 2.63. The lowest BCUT2D eigenvalue weighted by atomic mass is 10.1. The van der Waals surface area contributed by atoms with Crippen LogP contribution in [0.4, 0.5) is 0 Å². The van der Waals surface area contributed by atoms with Gasteiger partial charge in [-0.2, -0.15) is 0 Å². The first-order valence-electron chi connectivity index (χ1n) is 5.34. The number of para-hydroxylation sites is 1. The van der Waals surface area contributed by atoms with Gasteiger partial charge in [-0.1, -0.05) is 12.1 Å². The molecule has 0 spiro atoms. The van der Waals surface area contributed by atoms with Gasteiger partial charge in [-0.15, -0.1) is 0 Å². The van der Waals surface area contributed by atoms with E-state index in [9.17, 15) is 4.79 Å². The number of rotatable bonds is 2. The van der Waals surface area contributed by atoms with Crippen molar-refractivity contribution < 1.29 is 4.74 Å². The highest BCUT2D eigenvalue weighted by atomic mass is 16.5. The first-order valence-corrected chi connectivity index (χ1v) is 5.34. The Bertz CT molecular complexity index is 603. The van der Waals surface area contributed by atoms with Gasteiger partial charge in [0.1, 0.15) is 11.6 Å². The molecule has 0 atom stereocenters. The predicted octanol–water partition coefficient (Wildman–Crippen LogP) is 2.06. The molecule has 4 heteroatoms. The molecule has 0 aliphatic carbocycles. The molecule has 0 radical (unpaired) electrons. The molecule has 0 fully saturated rings. The number of hydrogen-bond donors (Lipinski definition) is 1. The molecule has 0 bridgehead atoms. The lowest BCUT2D eigenvalue weighted by molar-refractivity contribution is 0.416. The predicted molar refractivity (Wildman–Crippen MR) is 66.3 cm³/mol. The summed E-state index contributed by atoms with van der Waals surface area (Å²) in [5, 5.41) is 0. The minimum absolute atomic E-state index is 0.113. The molecule has 1 heterocycles. The number of aromatic nitrogens is 2. The van der Waals surface area contributed by atoms with Gasteiger partial charge in [0, 0.05) is 11.1 Å². The minimum Gasteiger partial charge on any atom is -0.496 e. The summed E-state index contributed by atoms with van der Waals surface area (Å²) < 4.78 is 5.28. The lowest BCUT2D eigenvalue weighted by Gasteiger charge is -2.09. The van der Waals surface area contributed by atoms with E-state index in [1.54, 1.807) is 21.0 Å². The standard InChI is InChI=1S/C13H14N2O2/c1-8-12(14-9(2)15-13(8)16)10-6-4-5-7-11(10)17-3/h4-7H,1-3H3,(H,14,15,16). The van der Waals surface area contributed by atoms with Gasteiger partial charge >= 0.3 is 0 Å². The third-order valence-corrected chi connectivity index (χ3v) is 2.63. The molecule has 1 N–H and O–H groups in total. The Morgan fingerprint density at radius 2 is 1.94 bits per heavy atom. The van der Waals surface area contributed by atoms with E-state index >= 15 is 0 Å². The Morgan fingerprint density at radius 1 is 1.24 bits per heavy atom. The molecule has 0 saturated heterocycles. The van der Waals surface area contributed by atoms with Crippen molar-refractivity contribution in [3.8, 4) is 17.0 Å². The van der Waals surface area contributed by atoms with E-state index in [1.165, 1.54) is 0 Å². The first kappa shape index (κ1) is 11.4. The van der Waals surface area contributed by atoms with Gasteiger partial charge in [-0.3, -0.25) is 4.79 Å². The third kappa shape index (κ3) is 2.06. The minimum atomic E-state index is -0.113. The summed E-state index contributed by atoms with van der Waals surface area (Å²) in [5.41, 5.74) is 1.99. The Balaban J connectivity index is 2.72. The normalized spacial score (nSPS) is 10.3. The quantitative estimate of drug-likeness (QED) is 0.859. The molecule has 0 saturated carbocycles. The van der Waals surface area contributed by atoms with E-state index in [4.69, 9.17) is 4.74 Å². The molecule has 4 nitrogen and oxygen atoms in total. The molecule has 0 aliphatic heterocycles. The number of ether oxygens (including phenoxy) is 1. The second-order valence-corrected chi connectivity index (χ2v) is 3.83. The number of aromatic amines is 1. The largest absolute Gasteiger partial charge is 0.496 e. The maximum Gasteiger partial charge on any atom is 0.254 e. The number of methoxy groups -OCH3 is 1. The second kappa shape index (κ2) is 4.41. The zero-order valence-corrected chi connectivity index (χ0v) is 10.1. The number of benzene rings is 1. The van der Waals surface area contributed by atoms with Crippen molar-refractivity contribution in [2.24, 2.45) is 0 Å². The van der Waals surface area contributed by atoms with E-state index in [0.717, 1.165) is 5.56 Å². The Kier molecular flexibility index (Phi) is 2.95. The van der Waals surface area contributed by atoms with Crippen LogP contribution in [0.15, 0.2) is 29.1 Å². The highest BCUT2D eigenvalue weighted by molar-refractivity contribution is 5.69. The van der Waals surface area contributed by atoms with Crippen molar-refractivity contribution in [3.05, 3.63) is 46.0 Å². The molecule has 0 amide bonds. The van der Waals surface area contributed by atoms with E-state index < -0.39 is 0 Å². The Morgan fingerprint density at radius 3 is 2.65 bits per heavy atom. The number of H-pyrrole nitrogens is 1. The van der Waals surface area contributed by atoms with Crippen molar-refractivity contribution in [1.29, 1.82) is 0 Å². The van der Waals surface area contributed by atoms with Gasteiger partial charge in [0.05, 0.1) is 12.8 Å². The number of aryl methyl sites for hydroxylation is 1. The van der Waals surface area contributed by atoms with Gasteiger partial charge in [0.2, 0.25) is 0 Å². The SMILES string of the molecule is COc1ccccc1-c1nc(C)[nH]c(=O)c1C. The average Bonchev–Trinajstić information content (AvgIpc) is 2.33. The van der Waals surface area contributed by atoms with Crippen LogP contribution in [0.5, 0.6) is 5.75 Å². The smallest absolute Gasteiger partial charge is 0.254 e. The van der Waals surface area contributed by atoms with Crippen LogP contribution in [0.1, 0.15) is 11.4 Å². The van der Waals surface area contributed by atoms with Crippen molar-refractivity contribution in [1.82, 2.24) is 9.97 Å². The summed E-state index contributed by atoms with van der Waals surface area (Å²) >= 11 is 0. The van der Waals surface area contributed by atoms with Crippen LogP contribution in [0.25, 0.3) is 11.3 Å². The molecular formula is C13H14N2O2. The fraction of sp³-hybridized carbons (Fsp3) is 0.231. The van der Waals surface area contributed by atoms with E-state index in [1.807, 2.05) is 24.3 Å². The monoisotopic (exact) mass is 230 g/mol. The molecule has 1 aromatic carbocycles. The first-order chi connectivity index (χ1) is 8.13. The van der Waals surface area contributed by atoms with Gasteiger partial charge in [0.25, 0.3) is 5.56 Å². The van der Waals surface area contributed by atoms with Crippen LogP contribution < -0.4 is 10.3 Å². The number of nitrogens with one attached hydrogen (secondary N) is 1. The van der Waals surface area contributed by atoms with Crippen LogP contribution in [-0.4, -0.2) is 17.1 Å². The lowest BCUT2D eigenvalue weighted by Crippen LogP contribution is -2.14. The van der Waals surface area contributed by atoms with Gasteiger partial charge < -0.3 is 9.72 Å². The molecule has 1 aromatic heterocycles. The number of hydrogen-bond acceptors (Lipinski definition) is 3. The van der Waals surface area contributed by atoms with Gasteiger partial charge in [-0.05, 0) is 26.0 Å². The molecule has 2 rings (SSSR count).